The summed E-state index contributed by atoms with van der Waals surface area (Å²) in [5, 5.41) is 5.21. The molecule has 2 heterocycles. The van der Waals surface area contributed by atoms with Crippen LogP contribution in [-0.2, 0) is 27.2 Å². The number of benzene rings is 2. The summed E-state index contributed by atoms with van der Waals surface area (Å²) in [5.41, 5.74) is 3.16. The third-order valence-electron chi connectivity index (χ3n) is 5.72. The van der Waals surface area contributed by atoms with Crippen LogP contribution in [0.25, 0.3) is 6.08 Å². The molecule has 3 aromatic rings. The van der Waals surface area contributed by atoms with Gasteiger partial charge in [0.2, 0.25) is 5.91 Å². The first-order valence-corrected chi connectivity index (χ1v) is 11.2. The zero-order valence-electron chi connectivity index (χ0n) is 19.2. The smallest absolute Gasteiger partial charge is 0.325 e. The van der Waals surface area contributed by atoms with Gasteiger partial charge in [-0.15, -0.1) is 0 Å². The zero-order valence-corrected chi connectivity index (χ0v) is 19.2. The molecule has 0 aliphatic carbocycles. The molecule has 8 nitrogen and oxygen atoms in total. The molecule has 0 fully saturated rings. The fourth-order valence-corrected chi connectivity index (χ4v) is 3.94. The molecule has 0 saturated heterocycles. The number of fused-ring (bicyclic) bond motifs is 1. The number of ether oxygens (including phenoxy) is 1. The number of nitrogens with zero attached hydrogens (tertiary/aromatic N) is 1. The molecule has 178 valence electrons. The quantitative estimate of drug-likeness (QED) is 0.466. The van der Waals surface area contributed by atoms with Crippen LogP contribution in [0, 0.1) is 0 Å². The summed E-state index contributed by atoms with van der Waals surface area (Å²) >= 11 is 0. The monoisotopic (exact) mass is 471 g/mol. The van der Waals surface area contributed by atoms with Crippen molar-refractivity contribution in [2.75, 3.05) is 13.7 Å². The Labute approximate surface area is 202 Å². The van der Waals surface area contributed by atoms with Gasteiger partial charge >= 0.3 is 5.97 Å². The molecule has 1 aliphatic rings. The minimum Gasteiger partial charge on any atom is -0.468 e. The van der Waals surface area contributed by atoms with Gasteiger partial charge in [-0.1, -0.05) is 60.7 Å². The van der Waals surface area contributed by atoms with E-state index >= 15 is 0 Å². The predicted octanol–water partition coefficient (Wildman–Crippen LogP) is 2.40. The summed E-state index contributed by atoms with van der Waals surface area (Å²) in [6, 6.07) is 21.1. The number of carbonyl (C=O) groups is 4. The number of allylic oxidation sites excluding steroid dienone is 1. The van der Waals surface area contributed by atoms with Crippen LogP contribution in [0.1, 0.15) is 32.1 Å². The summed E-state index contributed by atoms with van der Waals surface area (Å²) in [6.07, 6.45) is 2.43. The van der Waals surface area contributed by atoms with Gasteiger partial charge in [0.1, 0.15) is 18.3 Å². The summed E-state index contributed by atoms with van der Waals surface area (Å²) < 4.78 is 5.93. The Morgan fingerprint density at radius 2 is 1.57 bits per heavy atom. The number of nitrogens with one attached hydrogen (secondary N) is 2. The lowest BCUT2D eigenvalue weighted by molar-refractivity contribution is -0.141. The van der Waals surface area contributed by atoms with Gasteiger partial charge in [-0.05, 0) is 29.3 Å². The first-order valence-electron chi connectivity index (χ1n) is 11.2. The lowest BCUT2D eigenvalue weighted by atomic mass is 10.0. The van der Waals surface area contributed by atoms with Gasteiger partial charge in [-0.2, -0.15) is 0 Å². The second-order valence-electron chi connectivity index (χ2n) is 8.13. The molecular formula is C27H25N3O5. The van der Waals surface area contributed by atoms with Gasteiger partial charge in [0.25, 0.3) is 11.8 Å². The maximum atomic E-state index is 13.2. The highest BCUT2D eigenvalue weighted by molar-refractivity contribution is 6.10. The molecular weight excluding hydrogens is 446 g/mol. The first-order chi connectivity index (χ1) is 17.0. The third-order valence-corrected chi connectivity index (χ3v) is 5.72. The number of amides is 2. The minimum atomic E-state index is -0.964. The predicted molar refractivity (Wildman–Crippen MR) is 130 cm³/mol. The molecule has 0 saturated carbocycles. The molecule has 2 amide bonds. The average Bonchev–Trinajstić information content (AvgIpc) is 3.43. The second-order valence-corrected chi connectivity index (χ2v) is 8.13. The fraction of sp³-hybridized carbons (Fsp3) is 0.185. The Morgan fingerprint density at radius 3 is 2.23 bits per heavy atom. The van der Waals surface area contributed by atoms with Crippen molar-refractivity contribution in [3.8, 4) is 0 Å². The van der Waals surface area contributed by atoms with E-state index in [4.69, 9.17) is 0 Å². The van der Waals surface area contributed by atoms with Crippen molar-refractivity contribution in [3.63, 3.8) is 0 Å². The van der Waals surface area contributed by atoms with Gasteiger partial charge in [-0.3, -0.25) is 23.7 Å². The van der Waals surface area contributed by atoms with Crippen LogP contribution in [-0.4, -0.2) is 48.0 Å². The molecule has 35 heavy (non-hydrogen) atoms. The topological polar surface area (TPSA) is 106 Å². The van der Waals surface area contributed by atoms with E-state index in [0.29, 0.717) is 17.7 Å². The maximum absolute atomic E-state index is 13.2. The van der Waals surface area contributed by atoms with Gasteiger partial charge in [0.05, 0.1) is 7.11 Å². The van der Waals surface area contributed by atoms with Crippen molar-refractivity contribution in [1.29, 1.82) is 0 Å². The fourth-order valence-electron chi connectivity index (χ4n) is 3.94. The van der Waals surface area contributed by atoms with E-state index in [1.165, 1.54) is 11.7 Å². The molecule has 8 heteroatoms. The highest BCUT2D eigenvalue weighted by atomic mass is 16.5. The molecule has 1 atom stereocenters. The van der Waals surface area contributed by atoms with Crippen molar-refractivity contribution in [2.24, 2.45) is 0 Å². The molecule has 0 unspecified atom stereocenters. The van der Waals surface area contributed by atoms with Crippen LogP contribution in [0.5, 0.6) is 0 Å². The van der Waals surface area contributed by atoms with Crippen LogP contribution < -0.4 is 10.6 Å². The van der Waals surface area contributed by atoms with Gasteiger partial charge in [-0.25, -0.2) is 0 Å². The molecule has 0 bridgehead atoms. The van der Waals surface area contributed by atoms with E-state index < -0.39 is 23.8 Å². The van der Waals surface area contributed by atoms with Gasteiger partial charge < -0.3 is 15.4 Å². The highest BCUT2D eigenvalue weighted by Crippen LogP contribution is 2.25. The Balaban J connectivity index is 1.50. The number of methoxy groups -OCH3 is 1. The summed E-state index contributed by atoms with van der Waals surface area (Å²) in [6.45, 7) is -0.317. The number of hydrogen-bond donors (Lipinski definition) is 2. The molecule has 2 N–H and O–H groups in total. The summed E-state index contributed by atoms with van der Waals surface area (Å²) in [7, 11) is 1.22. The number of carbonyl (C=O) groups excluding carboxylic acids is 4. The number of esters is 1. The molecule has 1 aliphatic heterocycles. The van der Waals surface area contributed by atoms with Crippen molar-refractivity contribution in [2.45, 2.75) is 18.9 Å². The lowest BCUT2D eigenvalue weighted by Gasteiger charge is -2.19. The average molecular weight is 472 g/mol. The number of aromatic nitrogens is 1. The SMILES string of the molecule is COC(=O)CNC(=O)[C@H](Cc1ccccc1)NC(=O)c1ccc2n1C(=O)C(Cc1ccccc1)=C2. The molecule has 4 rings (SSSR count). The third kappa shape index (κ3) is 5.55. The van der Waals surface area contributed by atoms with Crippen molar-refractivity contribution in [1.82, 2.24) is 15.2 Å². The van der Waals surface area contributed by atoms with Crippen molar-refractivity contribution < 1.29 is 23.9 Å². The van der Waals surface area contributed by atoms with E-state index in [1.54, 1.807) is 18.2 Å². The second kappa shape index (κ2) is 10.6. The maximum Gasteiger partial charge on any atom is 0.325 e. The Kier molecular flexibility index (Phi) is 7.21. The van der Waals surface area contributed by atoms with Gasteiger partial charge in [0.15, 0.2) is 0 Å². The van der Waals surface area contributed by atoms with Crippen LogP contribution in [0.4, 0.5) is 0 Å². The summed E-state index contributed by atoms with van der Waals surface area (Å²) in [4.78, 5) is 50.6. The normalized spacial score (nSPS) is 12.9. The van der Waals surface area contributed by atoms with Crippen LogP contribution in [0.2, 0.25) is 0 Å². The largest absolute Gasteiger partial charge is 0.468 e. The van der Waals surface area contributed by atoms with E-state index in [2.05, 4.69) is 15.4 Å². The van der Waals surface area contributed by atoms with Crippen molar-refractivity contribution >= 4 is 29.8 Å². The van der Waals surface area contributed by atoms with Crippen LogP contribution >= 0.6 is 0 Å². The standard InChI is InChI=1S/C27H25N3O5/c1-35-24(31)17-28-25(32)22(15-19-10-6-3-7-11-19)29-26(33)23-13-12-21-16-20(27(34)30(21)23)14-18-8-4-2-5-9-18/h2-13,16,22H,14-15,17H2,1H3,(H,28,32)(H,29,33)/t22-/m0/s1. The van der Waals surface area contributed by atoms with Crippen molar-refractivity contribution in [3.05, 3.63) is 101 Å². The molecule has 2 aromatic carbocycles. The Bertz CT molecular complexity index is 1280. The van der Waals surface area contributed by atoms with Crippen LogP contribution in [0.3, 0.4) is 0 Å². The Hall–Kier alpha value is -4.46. The minimum absolute atomic E-state index is 0.142. The first kappa shape index (κ1) is 23.7. The Morgan fingerprint density at radius 1 is 0.914 bits per heavy atom. The molecule has 0 spiro atoms. The number of rotatable bonds is 9. The molecule has 1 aromatic heterocycles. The van der Waals surface area contributed by atoms with E-state index in [0.717, 1.165) is 11.1 Å². The van der Waals surface area contributed by atoms with Crippen LogP contribution in [0.15, 0.2) is 78.4 Å². The van der Waals surface area contributed by atoms with Gasteiger partial charge in [0, 0.05) is 24.1 Å². The molecule has 0 radical (unpaired) electrons. The van der Waals surface area contributed by atoms with E-state index in [1.807, 2.05) is 60.7 Å². The van der Waals surface area contributed by atoms with E-state index in [9.17, 15) is 19.2 Å². The highest BCUT2D eigenvalue weighted by Gasteiger charge is 2.29. The number of hydrogen-bond acceptors (Lipinski definition) is 5. The zero-order chi connectivity index (χ0) is 24.8. The lowest BCUT2D eigenvalue weighted by Crippen LogP contribution is -2.49. The van der Waals surface area contributed by atoms with E-state index in [-0.39, 0.29) is 24.6 Å². The summed E-state index contributed by atoms with van der Waals surface area (Å²) in [5.74, 6) is -1.97.